The maximum absolute atomic E-state index is 13.3. The number of aryl methyl sites for hydroxylation is 1. The van der Waals surface area contributed by atoms with Crippen molar-refractivity contribution in [1.82, 2.24) is 4.90 Å². The Morgan fingerprint density at radius 3 is 2.61 bits per heavy atom. The highest BCUT2D eigenvalue weighted by Gasteiger charge is 2.36. The number of carbonyl (C=O) groups excluding carboxylic acids is 1. The minimum absolute atomic E-state index is 0.0601. The fourth-order valence-electron chi connectivity index (χ4n) is 3.91. The third-order valence-electron chi connectivity index (χ3n) is 4.97. The number of allylic oxidation sites excluding steroid dienone is 1. The van der Waals surface area contributed by atoms with E-state index < -0.39 is 5.54 Å². The molecule has 0 saturated heterocycles. The lowest BCUT2D eigenvalue weighted by Gasteiger charge is -2.42. The average molecular weight is 383 g/mol. The largest absolute Gasteiger partial charge is 0.494 e. The first-order chi connectivity index (χ1) is 13.2. The van der Waals surface area contributed by atoms with Gasteiger partial charge in [0.2, 0.25) is 5.91 Å². The van der Waals surface area contributed by atoms with E-state index in [1.54, 1.807) is 0 Å². The Morgan fingerprint density at radius 2 is 1.96 bits per heavy atom. The summed E-state index contributed by atoms with van der Waals surface area (Å²) in [4.78, 5) is 17.2. The quantitative estimate of drug-likeness (QED) is 0.730. The maximum atomic E-state index is 13.3. The number of anilines is 1. The summed E-state index contributed by atoms with van der Waals surface area (Å²) >= 11 is 0. The SMILES string of the molecule is CCOc1ccc2c(c1)C(C)=CC(C)(C)N2C(=O)CN(C)Cc1ccc(C)o1. The van der Waals surface area contributed by atoms with E-state index in [4.69, 9.17) is 9.15 Å². The molecule has 0 unspecified atom stereocenters. The van der Waals surface area contributed by atoms with Crippen LogP contribution in [0.3, 0.4) is 0 Å². The molecule has 1 aromatic carbocycles. The number of furan rings is 1. The molecule has 0 N–H and O–H groups in total. The van der Waals surface area contributed by atoms with Crippen LogP contribution >= 0.6 is 0 Å². The van der Waals surface area contributed by atoms with Gasteiger partial charge >= 0.3 is 0 Å². The molecule has 0 radical (unpaired) electrons. The number of rotatable bonds is 6. The maximum Gasteiger partial charge on any atom is 0.241 e. The Morgan fingerprint density at radius 1 is 1.21 bits per heavy atom. The van der Waals surface area contributed by atoms with Crippen LogP contribution in [0.2, 0.25) is 0 Å². The summed E-state index contributed by atoms with van der Waals surface area (Å²) in [5, 5.41) is 0. The van der Waals surface area contributed by atoms with E-state index >= 15 is 0 Å². The Kier molecular flexibility index (Phi) is 5.66. The summed E-state index contributed by atoms with van der Waals surface area (Å²) in [5.74, 6) is 2.63. The molecule has 0 aliphatic carbocycles. The van der Waals surface area contributed by atoms with Crippen molar-refractivity contribution in [2.75, 3.05) is 25.1 Å². The van der Waals surface area contributed by atoms with E-state index in [9.17, 15) is 4.79 Å². The van der Waals surface area contributed by atoms with Crippen LogP contribution in [0.4, 0.5) is 5.69 Å². The number of benzene rings is 1. The van der Waals surface area contributed by atoms with Crippen molar-refractivity contribution in [3.8, 4) is 5.75 Å². The van der Waals surface area contributed by atoms with Crippen molar-refractivity contribution in [1.29, 1.82) is 0 Å². The summed E-state index contributed by atoms with van der Waals surface area (Å²) in [6.45, 7) is 11.6. The molecule has 1 aliphatic heterocycles. The van der Waals surface area contributed by atoms with E-state index in [1.807, 2.05) is 61.0 Å². The van der Waals surface area contributed by atoms with Crippen LogP contribution < -0.4 is 9.64 Å². The van der Waals surface area contributed by atoms with Crippen LogP contribution in [0.15, 0.2) is 40.8 Å². The molecule has 28 heavy (non-hydrogen) atoms. The minimum Gasteiger partial charge on any atom is -0.494 e. The number of fused-ring (bicyclic) bond motifs is 1. The van der Waals surface area contributed by atoms with Crippen molar-refractivity contribution in [2.24, 2.45) is 0 Å². The van der Waals surface area contributed by atoms with E-state index in [2.05, 4.69) is 26.8 Å². The monoisotopic (exact) mass is 382 g/mol. The Hall–Kier alpha value is -2.53. The zero-order valence-corrected chi connectivity index (χ0v) is 17.7. The molecule has 0 spiro atoms. The third kappa shape index (κ3) is 4.14. The molecule has 5 nitrogen and oxygen atoms in total. The Labute approximate surface area is 167 Å². The van der Waals surface area contributed by atoms with Gasteiger partial charge in [-0.2, -0.15) is 0 Å². The van der Waals surface area contributed by atoms with Crippen LogP contribution in [0.1, 0.15) is 44.8 Å². The summed E-state index contributed by atoms with van der Waals surface area (Å²) in [6, 6.07) is 9.85. The van der Waals surface area contributed by atoms with Gasteiger partial charge in [-0.25, -0.2) is 0 Å². The average Bonchev–Trinajstić information content (AvgIpc) is 2.99. The minimum atomic E-state index is -0.399. The standard InChI is InChI=1S/C23H30N2O3/c1-7-27-18-10-11-21-20(12-18)16(2)13-23(4,5)25(21)22(26)15-24(6)14-19-9-8-17(3)28-19/h8-13H,7,14-15H2,1-6H3. The second-order valence-corrected chi connectivity index (χ2v) is 8.01. The second kappa shape index (κ2) is 7.84. The van der Waals surface area contributed by atoms with Gasteiger partial charge in [0.15, 0.2) is 0 Å². The van der Waals surface area contributed by atoms with Gasteiger partial charge in [-0.15, -0.1) is 0 Å². The van der Waals surface area contributed by atoms with Crippen LogP contribution in [-0.2, 0) is 11.3 Å². The smallest absolute Gasteiger partial charge is 0.241 e. The summed E-state index contributed by atoms with van der Waals surface area (Å²) in [5.41, 5.74) is 2.73. The number of likely N-dealkylation sites (N-methyl/N-ethyl adjacent to an activating group) is 1. The fourth-order valence-corrected chi connectivity index (χ4v) is 3.91. The molecule has 2 aromatic rings. The van der Waals surface area contributed by atoms with Crippen molar-refractivity contribution in [3.05, 3.63) is 53.5 Å². The predicted octanol–water partition coefficient (Wildman–Crippen LogP) is 4.65. The summed E-state index contributed by atoms with van der Waals surface area (Å²) < 4.78 is 11.3. The number of carbonyl (C=O) groups is 1. The van der Waals surface area contributed by atoms with Gasteiger partial charge in [-0.05, 0) is 77.6 Å². The normalized spacial score (nSPS) is 15.4. The number of nitrogens with zero attached hydrogens (tertiary/aromatic N) is 2. The molecule has 1 aromatic heterocycles. The summed E-state index contributed by atoms with van der Waals surface area (Å²) in [6.07, 6.45) is 2.15. The highest BCUT2D eigenvalue weighted by molar-refractivity contribution is 6.01. The summed E-state index contributed by atoms with van der Waals surface area (Å²) in [7, 11) is 1.94. The highest BCUT2D eigenvalue weighted by Crippen LogP contribution is 2.40. The van der Waals surface area contributed by atoms with Gasteiger partial charge in [-0.1, -0.05) is 6.08 Å². The predicted molar refractivity (Wildman–Crippen MR) is 113 cm³/mol. The topological polar surface area (TPSA) is 45.9 Å². The molecule has 3 rings (SSSR count). The number of amides is 1. The molecule has 1 amide bonds. The first-order valence-electron chi connectivity index (χ1n) is 9.75. The van der Waals surface area contributed by atoms with Crippen LogP contribution in [0.25, 0.3) is 5.57 Å². The van der Waals surface area contributed by atoms with Crippen molar-refractivity contribution >= 4 is 17.2 Å². The van der Waals surface area contributed by atoms with Gasteiger partial charge in [-0.3, -0.25) is 9.69 Å². The Bertz CT molecular complexity index is 895. The van der Waals surface area contributed by atoms with Crippen LogP contribution in [0.5, 0.6) is 5.75 Å². The van der Waals surface area contributed by atoms with E-state index in [0.717, 1.165) is 34.1 Å². The fraction of sp³-hybridized carbons (Fsp3) is 0.435. The third-order valence-corrected chi connectivity index (χ3v) is 4.97. The molecule has 0 atom stereocenters. The van der Waals surface area contributed by atoms with E-state index in [0.29, 0.717) is 19.7 Å². The molecule has 0 bridgehead atoms. The van der Waals surface area contributed by atoms with Crippen molar-refractivity contribution in [3.63, 3.8) is 0 Å². The van der Waals surface area contributed by atoms with E-state index in [-0.39, 0.29) is 5.91 Å². The lowest BCUT2D eigenvalue weighted by Crippen LogP contribution is -2.51. The van der Waals surface area contributed by atoms with Crippen molar-refractivity contribution < 1.29 is 13.9 Å². The molecular formula is C23H30N2O3. The highest BCUT2D eigenvalue weighted by atomic mass is 16.5. The zero-order chi connectivity index (χ0) is 20.5. The van der Waals surface area contributed by atoms with Crippen molar-refractivity contribution in [2.45, 2.75) is 46.7 Å². The number of hydrogen-bond donors (Lipinski definition) is 0. The van der Waals surface area contributed by atoms with Gasteiger partial charge in [0.1, 0.15) is 17.3 Å². The molecule has 1 aliphatic rings. The van der Waals surface area contributed by atoms with Gasteiger partial charge in [0, 0.05) is 5.56 Å². The van der Waals surface area contributed by atoms with E-state index in [1.165, 1.54) is 0 Å². The second-order valence-electron chi connectivity index (χ2n) is 8.01. The molecule has 150 valence electrons. The molecule has 5 heteroatoms. The zero-order valence-electron chi connectivity index (χ0n) is 17.7. The molecular weight excluding hydrogens is 352 g/mol. The van der Waals surface area contributed by atoms with Gasteiger partial charge in [0.05, 0.1) is 30.9 Å². The lowest BCUT2D eigenvalue weighted by atomic mass is 9.88. The van der Waals surface area contributed by atoms with Gasteiger partial charge < -0.3 is 14.1 Å². The first-order valence-corrected chi connectivity index (χ1v) is 9.75. The number of ether oxygens (including phenoxy) is 1. The molecule has 0 fully saturated rings. The lowest BCUT2D eigenvalue weighted by molar-refractivity contribution is -0.120. The Balaban J connectivity index is 1.84. The molecule has 0 saturated carbocycles. The van der Waals surface area contributed by atoms with Crippen LogP contribution in [-0.4, -0.2) is 36.5 Å². The molecule has 2 heterocycles. The van der Waals surface area contributed by atoms with Gasteiger partial charge in [0.25, 0.3) is 0 Å². The number of hydrogen-bond acceptors (Lipinski definition) is 4. The first kappa shape index (κ1) is 20.2. The van der Waals surface area contributed by atoms with Crippen LogP contribution in [0, 0.1) is 6.92 Å².